The number of nitrogens with zero attached hydrogens (tertiary/aromatic N) is 1. The fourth-order valence-electron chi connectivity index (χ4n) is 1.89. The molecule has 0 spiro atoms. The van der Waals surface area contributed by atoms with Crippen molar-refractivity contribution in [2.24, 2.45) is 0 Å². The SMILES string of the molecule is CCOc1cccc(C)c1N(C(=O)CCl)C(C)OC. The second kappa shape index (κ2) is 7.36. The summed E-state index contributed by atoms with van der Waals surface area (Å²) < 4.78 is 10.9. The van der Waals surface area contributed by atoms with Crippen molar-refractivity contribution in [3.05, 3.63) is 23.8 Å². The van der Waals surface area contributed by atoms with Crippen molar-refractivity contribution >= 4 is 23.2 Å². The van der Waals surface area contributed by atoms with Gasteiger partial charge in [-0.1, -0.05) is 12.1 Å². The lowest BCUT2D eigenvalue weighted by Gasteiger charge is -2.30. The summed E-state index contributed by atoms with van der Waals surface area (Å²) in [6, 6.07) is 5.65. The Hall–Kier alpha value is -1.26. The van der Waals surface area contributed by atoms with E-state index in [2.05, 4.69) is 0 Å². The zero-order chi connectivity index (χ0) is 14.4. The Kier molecular flexibility index (Phi) is 6.12. The van der Waals surface area contributed by atoms with Crippen molar-refractivity contribution in [3.63, 3.8) is 0 Å². The molecule has 0 N–H and O–H groups in total. The number of anilines is 1. The van der Waals surface area contributed by atoms with Gasteiger partial charge in [-0.15, -0.1) is 11.6 Å². The second-order valence-corrected chi connectivity index (χ2v) is 4.35. The standard InChI is InChI=1S/C14H20ClNO3/c1-5-19-12-8-6-7-10(2)14(12)16(11(3)18-4)13(17)9-15/h6-8,11H,5,9H2,1-4H3. The first kappa shape index (κ1) is 15.8. The lowest BCUT2D eigenvalue weighted by molar-refractivity contribution is -0.118. The monoisotopic (exact) mass is 285 g/mol. The molecule has 0 fully saturated rings. The van der Waals surface area contributed by atoms with Crippen molar-refractivity contribution < 1.29 is 14.3 Å². The summed E-state index contributed by atoms with van der Waals surface area (Å²) in [6.45, 7) is 6.15. The Bertz CT molecular complexity index is 437. The largest absolute Gasteiger partial charge is 0.492 e. The van der Waals surface area contributed by atoms with E-state index in [0.717, 1.165) is 5.56 Å². The van der Waals surface area contributed by atoms with Crippen molar-refractivity contribution in [3.8, 4) is 5.75 Å². The summed E-state index contributed by atoms with van der Waals surface area (Å²) in [7, 11) is 1.55. The molecule has 1 amide bonds. The minimum atomic E-state index is -0.411. The van der Waals surface area contributed by atoms with Crippen molar-refractivity contribution in [1.29, 1.82) is 0 Å². The van der Waals surface area contributed by atoms with E-state index in [4.69, 9.17) is 21.1 Å². The molecule has 0 bridgehead atoms. The normalized spacial score (nSPS) is 12.1. The fourth-order valence-corrected chi connectivity index (χ4v) is 2.02. The van der Waals surface area contributed by atoms with Gasteiger partial charge in [0.05, 0.1) is 12.3 Å². The highest BCUT2D eigenvalue weighted by Crippen LogP contribution is 2.33. The third kappa shape index (κ3) is 3.61. The van der Waals surface area contributed by atoms with Gasteiger partial charge >= 0.3 is 0 Å². The molecule has 0 aliphatic heterocycles. The third-order valence-electron chi connectivity index (χ3n) is 2.83. The molecule has 5 heteroatoms. The van der Waals surface area contributed by atoms with Crippen LogP contribution in [0.2, 0.25) is 0 Å². The van der Waals surface area contributed by atoms with Crippen LogP contribution < -0.4 is 9.64 Å². The van der Waals surface area contributed by atoms with E-state index in [9.17, 15) is 4.79 Å². The van der Waals surface area contributed by atoms with E-state index in [1.54, 1.807) is 14.0 Å². The number of ether oxygens (including phenoxy) is 2. The predicted octanol–water partition coefficient (Wildman–Crippen LogP) is 2.96. The highest BCUT2D eigenvalue weighted by Gasteiger charge is 2.25. The number of carbonyl (C=O) groups is 1. The minimum Gasteiger partial charge on any atom is -0.492 e. The molecule has 1 aromatic carbocycles. The molecule has 0 saturated heterocycles. The number of halogens is 1. The lowest BCUT2D eigenvalue weighted by atomic mass is 10.1. The van der Waals surface area contributed by atoms with Crippen molar-refractivity contribution in [1.82, 2.24) is 0 Å². The van der Waals surface area contributed by atoms with Crippen molar-refractivity contribution in [2.75, 3.05) is 24.5 Å². The average molecular weight is 286 g/mol. The summed E-state index contributed by atoms with van der Waals surface area (Å²) in [5.74, 6) is 0.337. The first-order valence-corrected chi connectivity index (χ1v) is 6.73. The number of alkyl halides is 1. The van der Waals surface area contributed by atoms with Gasteiger partial charge < -0.3 is 9.47 Å². The average Bonchev–Trinajstić information content (AvgIpc) is 2.41. The molecule has 19 heavy (non-hydrogen) atoms. The van der Waals surface area contributed by atoms with Crippen LogP contribution in [0, 0.1) is 6.92 Å². The molecule has 0 aliphatic carbocycles. The summed E-state index contributed by atoms with van der Waals surface area (Å²) in [4.78, 5) is 13.6. The van der Waals surface area contributed by atoms with E-state index in [0.29, 0.717) is 18.0 Å². The zero-order valence-corrected chi connectivity index (χ0v) is 12.5. The Labute approximate surface area is 119 Å². The summed E-state index contributed by atoms with van der Waals surface area (Å²) >= 11 is 5.69. The number of methoxy groups -OCH3 is 1. The van der Waals surface area contributed by atoms with E-state index in [-0.39, 0.29) is 11.8 Å². The van der Waals surface area contributed by atoms with Crippen LogP contribution in [-0.4, -0.2) is 31.7 Å². The lowest BCUT2D eigenvalue weighted by Crippen LogP contribution is -2.41. The first-order valence-electron chi connectivity index (χ1n) is 6.20. The van der Waals surface area contributed by atoms with E-state index in [1.165, 1.54) is 4.90 Å². The van der Waals surface area contributed by atoms with E-state index < -0.39 is 6.23 Å². The summed E-state index contributed by atoms with van der Waals surface area (Å²) in [5, 5.41) is 0. The molecule has 0 aromatic heterocycles. The first-order chi connectivity index (χ1) is 9.06. The van der Waals surface area contributed by atoms with Crippen LogP contribution in [0.15, 0.2) is 18.2 Å². The number of aryl methyl sites for hydroxylation is 1. The number of hydrogen-bond acceptors (Lipinski definition) is 3. The molecular weight excluding hydrogens is 266 g/mol. The Balaban J connectivity index is 3.31. The van der Waals surface area contributed by atoms with E-state index in [1.807, 2.05) is 32.0 Å². The zero-order valence-electron chi connectivity index (χ0n) is 11.8. The van der Waals surface area contributed by atoms with E-state index >= 15 is 0 Å². The van der Waals surface area contributed by atoms with Gasteiger partial charge in [0.1, 0.15) is 17.9 Å². The maximum absolute atomic E-state index is 12.1. The number of amides is 1. The van der Waals surface area contributed by atoms with Crippen LogP contribution in [0.5, 0.6) is 5.75 Å². The van der Waals surface area contributed by atoms with Gasteiger partial charge in [0, 0.05) is 7.11 Å². The molecule has 0 radical (unpaired) electrons. The van der Waals surface area contributed by atoms with Gasteiger partial charge in [0.15, 0.2) is 0 Å². The molecular formula is C14H20ClNO3. The van der Waals surface area contributed by atoms with Crippen LogP contribution in [0.4, 0.5) is 5.69 Å². The summed E-state index contributed by atoms with van der Waals surface area (Å²) in [6.07, 6.45) is -0.411. The molecule has 0 aliphatic rings. The van der Waals surface area contributed by atoms with Crippen LogP contribution >= 0.6 is 11.6 Å². The van der Waals surface area contributed by atoms with Crippen LogP contribution in [0.25, 0.3) is 0 Å². The second-order valence-electron chi connectivity index (χ2n) is 4.09. The number of para-hydroxylation sites is 1. The highest BCUT2D eigenvalue weighted by molar-refractivity contribution is 6.29. The fraction of sp³-hybridized carbons (Fsp3) is 0.500. The Morgan fingerprint density at radius 3 is 2.68 bits per heavy atom. The maximum atomic E-state index is 12.1. The number of carbonyl (C=O) groups excluding carboxylic acids is 1. The van der Waals surface area contributed by atoms with Gasteiger partial charge in [0.2, 0.25) is 5.91 Å². The molecule has 4 nitrogen and oxygen atoms in total. The van der Waals surface area contributed by atoms with Gasteiger partial charge in [-0.2, -0.15) is 0 Å². The minimum absolute atomic E-state index is 0.104. The van der Waals surface area contributed by atoms with Crippen molar-refractivity contribution in [2.45, 2.75) is 27.0 Å². The van der Waals surface area contributed by atoms with Crippen LogP contribution in [0.1, 0.15) is 19.4 Å². The number of hydrogen-bond donors (Lipinski definition) is 0. The van der Waals surface area contributed by atoms with Crippen LogP contribution in [-0.2, 0) is 9.53 Å². The molecule has 1 unspecified atom stereocenters. The number of benzene rings is 1. The summed E-state index contributed by atoms with van der Waals surface area (Å²) in [5.41, 5.74) is 1.65. The van der Waals surface area contributed by atoms with Gasteiger partial charge in [-0.05, 0) is 32.4 Å². The predicted molar refractivity (Wildman–Crippen MR) is 77.0 cm³/mol. The van der Waals surface area contributed by atoms with Crippen LogP contribution in [0.3, 0.4) is 0 Å². The van der Waals surface area contributed by atoms with Gasteiger partial charge in [-0.25, -0.2) is 0 Å². The molecule has 1 aromatic rings. The quantitative estimate of drug-likeness (QED) is 0.596. The molecule has 106 valence electrons. The third-order valence-corrected chi connectivity index (χ3v) is 3.06. The highest BCUT2D eigenvalue weighted by atomic mass is 35.5. The smallest absolute Gasteiger partial charge is 0.244 e. The van der Waals surface area contributed by atoms with Gasteiger partial charge in [-0.3, -0.25) is 9.69 Å². The number of rotatable bonds is 6. The molecule has 0 heterocycles. The van der Waals surface area contributed by atoms with Gasteiger partial charge in [0.25, 0.3) is 0 Å². The topological polar surface area (TPSA) is 38.8 Å². The Morgan fingerprint density at radius 1 is 1.47 bits per heavy atom. The maximum Gasteiger partial charge on any atom is 0.244 e. The molecule has 1 rings (SSSR count). The molecule has 1 atom stereocenters. The Morgan fingerprint density at radius 2 is 2.16 bits per heavy atom. The molecule has 0 saturated carbocycles.